The van der Waals surface area contributed by atoms with Crippen molar-refractivity contribution in [3.63, 3.8) is 0 Å². The van der Waals surface area contributed by atoms with E-state index in [2.05, 4.69) is 4.99 Å². The van der Waals surface area contributed by atoms with Crippen molar-refractivity contribution in [2.24, 2.45) is 4.99 Å². The maximum Gasteiger partial charge on any atom is 0.384 e. The molecule has 0 amide bonds. The Labute approximate surface area is 89.7 Å². The molecule has 0 spiro atoms. The lowest BCUT2D eigenvalue weighted by Gasteiger charge is -2.14. The molecule has 0 aliphatic carbocycles. The standard InChI is InChI=1S/C12H15NO2/c1-3-14-12-13-9(2)11(15-12)10-7-5-4-6-8-10/h4-9,11H,3H2,1-2H3. The van der Waals surface area contributed by atoms with Crippen molar-refractivity contribution in [2.75, 3.05) is 6.61 Å². The Balaban J connectivity index is 2.09. The zero-order valence-electron chi connectivity index (χ0n) is 9.01. The molecule has 1 heterocycles. The summed E-state index contributed by atoms with van der Waals surface area (Å²) in [6.45, 7) is 4.54. The van der Waals surface area contributed by atoms with E-state index < -0.39 is 0 Å². The monoisotopic (exact) mass is 205 g/mol. The van der Waals surface area contributed by atoms with Crippen molar-refractivity contribution >= 4 is 6.08 Å². The van der Waals surface area contributed by atoms with E-state index in [0.717, 1.165) is 5.56 Å². The minimum atomic E-state index is -0.00671. The van der Waals surface area contributed by atoms with Gasteiger partial charge in [-0.1, -0.05) is 30.3 Å². The van der Waals surface area contributed by atoms with Gasteiger partial charge in [-0.15, -0.1) is 0 Å². The van der Waals surface area contributed by atoms with Crippen molar-refractivity contribution in [1.82, 2.24) is 0 Å². The molecule has 0 N–H and O–H groups in total. The number of hydrogen-bond donors (Lipinski definition) is 0. The molecule has 0 bridgehead atoms. The minimum Gasteiger partial charge on any atom is -0.451 e. The van der Waals surface area contributed by atoms with Gasteiger partial charge in [-0.25, -0.2) is 4.99 Å². The maximum absolute atomic E-state index is 5.63. The zero-order chi connectivity index (χ0) is 10.7. The van der Waals surface area contributed by atoms with Gasteiger partial charge in [-0.2, -0.15) is 0 Å². The highest BCUT2D eigenvalue weighted by Gasteiger charge is 2.29. The molecule has 2 atom stereocenters. The zero-order valence-corrected chi connectivity index (χ0v) is 9.01. The van der Waals surface area contributed by atoms with Gasteiger partial charge < -0.3 is 9.47 Å². The van der Waals surface area contributed by atoms with E-state index in [9.17, 15) is 0 Å². The highest BCUT2D eigenvalue weighted by molar-refractivity contribution is 5.69. The van der Waals surface area contributed by atoms with E-state index in [1.54, 1.807) is 0 Å². The van der Waals surface area contributed by atoms with Crippen LogP contribution in [0.1, 0.15) is 25.5 Å². The molecule has 0 aromatic heterocycles. The number of benzene rings is 1. The first-order valence-electron chi connectivity index (χ1n) is 5.23. The van der Waals surface area contributed by atoms with Crippen molar-refractivity contribution in [2.45, 2.75) is 26.0 Å². The lowest BCUT2D eigenvalue weighted by molar-refractivity contribution is 0.132. The van der Waals surface area contributed by atoms with E-state index in [0.29, 0.717) is 12.7 Å². The molecule has 0 radical (unpaired) electrons. The Morgan fingerprint density at radius 1 is 1.33 bits per heavy atom. The molecule has 3 nitrogen and oxygen atoms in total. The van der Waals surface area contributed by atoms with Gasteiger partial charge in [0.25, 0.3) is 0 Å². The molecule has 1 aromatic rings. The van der Waals surface area contributed by atoms with E-state index >= 15 is 0 Å². The van der Waals surface area contributed by atoms with Gasteiger partial charge in [0.15, 0.2) is 6.10 Å². The third-order valence-corrected chi connectivity index (χ3v) is 2.37. The quantitative estimate of drug-likeness (QED) is 0.742. The van der Waals surface area contributed by atoms with Crippen LogP contribution in [-0.4, -0.2) is 18.7 Å². The minimum absolute atomic E-state index is 0.00671. The molecule has 1 aliphatic rings. The van der Waals surface area contributed by atoms with Crippen molar-refractivity contribution in [1.29, 1.82) is 0 Å². The number of ether oxygens (including phenoxy) is 2. The van der Waals surface area contributed by atoms with Crippen molar-refractivity contribution < 1.29 is 9.47 Å². The van der Waals surface area contributed by atoms with Crippen molar-refractivity contribution in [3.05, 3.63) is 35.9 Å². The summed E-state index contributed by atoms with van der Waals surface area (Å²) >= 11 is 0. The van der Waals surface area contributed by atoms with Crippen LogP contribution in [-0.2, 0) is 9.47 Å². The predicted molar refractivity (Wildman–Crippen MR) is 58.8 cm³/mol. The molecule has 3 heteroatoms. The number of rotatable bonds is 2. The molecule has 1 aliphatic heterocycles. The van der Waals surface area contributed by atoms with Gasteiger partial charge in [0.1, 0.15) is 0 Å². The Bertz CT molecular complexity index is 348. The molecule has 2 unspecified atom stereocenters. The number of aliphatic imine (C=N–C) groups is 1. The number of hydrogen-bond acceptors (Lipinski definition) is 3. The van der Waals surface area contributed by atoms with Crippen LogP contribution in [0.25, 0.3) is 0 Å². The molecular formula is C12H15NO2. The van der Waals surface area contributed by atoms with Gasteiger partial charge in [-0.3, -0.25) is 0 Å². The molecule has 1 aromatic carbocycles. The summed E-state index contributed by atoms with van der Waals surface area (Å²) in [7, 11) is 0. The lowest BCUT2D eigenvalue weighted by Crippen LogP contribution is -2.11. The number of nitrogens with zero attached hydrogens (tertiary/aromatic N) is 1. The molecule has 0 saturated heterocycles. The summed E-state index contributed by atoms with van der Waals surface area (Å²) in [6.07, 6.45) is 0.409. The van der Waals surface area contributed by atoms with Gasteiger partial charge in [0.2, 0.25) is 0 Å². The third kappa shape index (κ3) is 2.12. The third-order valence-electron chi connectivity index (χ3n) is 2.37. The summed E-state index contributed by atoms with van der Waals surface area (Å²) in [5, 5.41) is 0. The summed E-state index contributed by atoms with van der Waals surface area (Å²) in [5.74, 6) is 0. The predicted octanol–water partition coefficient (Wildman–Crippen LogP) is 2.54. The lowest BCUT2D eigenvalue weighted by atomic mass is 10.0. The molecule has 80 valence electrons. The van der Waals surface area contributed by atoms with E-state index in [1.807, 2.05) is 44.2 Å². The fourth-order valence-electron chi connectivity index (χ4n) is 1.66. The molecule has 2 rings (SSSR count). The highest BCUT2D eigenvalue weighted by atomic mass is 16.7. The van der Waals surface area contributed by atoms with Gasteiger partial charge >= 0.3 is 6.08 Å². The summed E-state index contributed by atoms with van der Waals surface area (Å²) in [4.78, 5) is 4.31. The van der Waals surface area contributed by atoms with Crippen LogP contribution in [0.15, 0.2) is 35.3 Å². The molecule has 15 heavy (non-hydrogen) atoms. The van der Waals surface area contributed by atoms with Gasteiger partial charge in [0.05, 0.1) is 12.6 Å². The molecular weight excluding hydrogens is 190 g/mol. The Hall–Kier alpha value is -1.51. The van der Waals surface area contributed by atoms with Crippen LogP contribution in [0, 0.1) is 0 Å². The van der Waals surface area contributed by atoms with Crippen molar-refractivity contribution in [3.8, 4) is 0 Å². The first-order chi connectivity index (χ1) is 7.31. The van der Waals surface area contributed by atoms with Crippen LogP contribution in [0.5, 0.6) is 0 Å². The summed E-state index contributed by atoms with van der Waals surface area (Å²) in [5.41, 5.74) is 1.14. The topological polar surface area (TPSA) is 30.8 Å². The first-order valence-corrected chi connectivity index (χ1v) is 5.23. The fraction of sp³-hybridized carbons (Fsp3) is 0.417. The Morgan fingerprint density at radius 2 is 2.07 bits per heavy atom. The van der Waals surface area contributed by atoms with Gasteiger partial charge in [0, 0.05) is 0 Å². The van der Waals surface area contributed by atoms with Crippen LogP contribution >= 0.6 is 0 Å². The normalized spacial score (nSPS) is 24.5. The highest BCUT2D eigenvalue weighted by Crippen LogP contribution is 2.28. The SMILES string of the molecule is CCOC1=NC(C)C(c2ccccc2)O1. The van der Waals surface area contributed by atoms with E-state index in [-0.39, 0.29) is 12.1 Å². The first kappa shape index (κ1) is 10.0. The maximum atomic E-state index is 5.63. The Morgan fingerprint density at radius 3 is 2.73 bits per heavy atom. The molecule has 0 saturated carbocycles. The summed E-state index contributed by atoms with van der Waals surface area (Å²) in [6, 6.07) is 10.2. The average molecular weight is 205 g/mol. The van der Waals surface area contributed by atoms with E-state index in [1.165, 1.54) is 0 Å². The fourth-order valence-corrected chi connectivity index (χ4v) is 1.66. The Kier molecular flexibility index (Phi) is 2.90. The van der Waals surface area contributed by atoms with Crippen LogP contribution in [0.3, 0.4) is 0 Å². The van der Waals surface area contributed by atoms with Gasteiger partial charge in [-0.05, 0) is 19.4 Å². The second-order valence-electron chi connectivity index (χ2n) is 3.52. The van der Waals surface area contributed by atoms with Crippen LogP contribution < -0.4 is 0 Å². The summed E-state index contributed by atoms with van der Waals surface area (Å²) < 4.78 is 10.9. The molecule has 0 fully saturated rings. The average Bonchev–Trinajstić information content (AvgIpc) is 2.61. The second-order valence-corrected chi connectivity index (χ2v) is 3.52. The smallest absolute Gasteiger partial charge is 0.384 e. The largest absolute Gasteiger partial charge is 0.451 e. The second kappa shape index (κ2) is 4.34. The van der Waals surface area contributed by atoms with Crippen LogP contribution in [0.4, 0.5) is 0 Å². The van der Waals surface area contributed by atoms with Crippen LogP contribution in [0.2, 0.25) is 0 Å². The van der Waals surface area contributed by atoms with E-state index in [4.69, 9.17) is 9.47 Å².